The maximum absolute atomic E-state index is 14.0. The number of rotatable bonds is 9. The van der Waals surface area contributed by atoms with Crippen LogP contribution in [0.1, 0.15) is 44.7 Å². The minimum Gasteiger partial charge on any atom is -0.465 e. The number of anilines is 1. The lowest BCUT2D eigenvalue weighted by Crippen LogP contribution is -2.50. The zero-order valence-corrected chi connectivity index (χ0v) is 21.2. The highest BCUT2D eigenvalue weighted by Crippen LogP contribution is 2.42. The molecule has 2 heterocycles. The molecule has 4 aromatic rings. The van der Waals surface area contributed by atoms with Crippen molar-refractivity contribution in [1.29, 1.82) is 0 Å². The molecule has 1 amide bonds. The highest BCUT2D eigenvalue weighted by Gasteiger charge is 2.47. The van der Waals surface area contributed by atoms with E-state index in [9.17, 15) is 9.59 Å². The Labute approximate surface area is 216 Å². The van der Waals surface area contributed by atoms with Crippen molar-refractivity contribution in [1.82, 2.24) is 9.55 Å². The number of fused-ring (bicyclic) bond motifs is 3. The van der Waals surface area contributed by atoms with Crippen LogP contribution >= 0.6 is 0 Å². The molecule has 0 unspecified atom stereocenters. The van der Waals surface area contributed by atoms with Gasteiger partial charge in [-0.05, 0) is 55.3 Å². The van der Waals surface area contributed by atoms with Crippen LogP contribution in [0.25, 0.3) is 11.0 Å². The number of para-hydroxylation sites is 3. The van der Waals surface area contributed by atoms with Crippen molar-refractivity contribution in [3.63, 3.8) is 0 Å². The smallest absolute Gasteiger partial charge is 0.321 e. The first kappa shape index (κ1) is 24.6. The van der Waals surface area contributed by atoms with Gasteiger partial charge >= 0.3 is 5.97 Å². The van der Waals surface area contributed by atoms with E-state index in [1.54, 1.807) is 11.8 Å². The third kappa shape index (κ3) is 4.81. The molecular formula is C30H31N3O4. The highest BCUT2D eigenvalue weighted by atomic mass is 16.5. The number of hydrogen-bond acceptors (Lipinski definition) is 5. The molecule has 0 spiro atoms. The predicted octanol–water partition coefficient (Wildman–Crippen LogP) is 6.13. The lowest BCUT2D eigenvalue weighted by molar-refractivity contribution is -0.153. The number of aromatic nitrogens is 2. The van der Waals surface area contributed by atoms with Crippen molar-refractivity contribution in [2.75, 3.05) is 18.1 Å². The predicted molar refractivity (Wildman–Crippen MR) is 143 cm³/mol. The molecule has 0 radical (unpaired) electrons. The second kappa shape index (κ2) is 10.9. The van der Waals surface area contributed by atoms with Gasteiger partial charge in [0, 0.05) is 6.54 Å². The molecule has 3 aromatic carbocycles. The van der Waals surface area contributed by atoms with E-state index in [0.29, 0.717) is 24.0 Å². The number of imidazole rings is 1. The van der Waals surface area contributed by atoms with E-state index in [0.717, 1.165) is 35.9 Å². The minimum absolute atomic E-state index is 0.194. The molecule has 0 bridgehead atoms. The molecule has 0 saturated carbocycles. The molecule has 0 fully saturated rings. The van der Waals surface area contributed by atoms with Crippen LogP contribution in [0.5, 0.6) is 11.5 Å². The summed E-state index contributed by atoms with van der Waals surface area (Å²) in [5, 5.41) is 0. The molecule has 0 saturated heterocycles. The van der Waals surface area contributed by atoms with Gasteiger partial charge in [-0.15, -0.1) is 0 Å². The molecule has 5 rings (SSSR count). The van der Waals surface area contributed by atoms with Gasteiger partial charge in [0.2, 0.25) is 11.9 Å². The zero-order chi connectivity index (χ0) is 25.8. The standard InChI is InChI=1S/C30H31N3O4/c1-3-5-11-19-32-28(34)26(29(35)36-4-2)27(33-25-18-10-9-17-24(25)31-30(32)33)21-13-12-16-23(20-21)37-22-14-7-6-8-15-22/h6-10,12-18,20,26-27H,3-5,11,19H2,1-2H3/t26-,27-/m0/s1. The summed E-state index contributed by atoms with van der Waals surface area (Å²) in [5.41, 5.74) is 2.41. The van der Waals surface area contributed by atoms with Crippen LogP contribution in [0.2, 0.25) is 0 Å². The molecule has 1 aromatic heterocycles. The first-order valence-electron chi connectivity index (χ1n) is 12.9. The number of hydrogen-bond donors (Lipinski definition) is 0. The summed E-state index contributed by atoms with van der Waals surface area (Å²) >= 11 is 0. The third-order valence-corrected chi connectivity index (χ3v) is 6.65. The van der Waals surface area contributed by atoms with Crippen molar-refractivity contribution in [2.45, 2.75) is 39.2 Å². The first-order chi connectivity index (χ1) is 18.1. The Morgan fingerprint density at radius 3 is 2.46 bits per heavy atom. The number of carbonyl (C=O) groups excluding carboxylic acids is 2. The summed E-state index contributed by atoms with van der Waals surface area (Å²) in [5.74, 6) is 0.0284. The molecule has 7 heteroatoms. The van der Waals surface area contributed by atoms with E-state index in [1.807, 2.05) is 83.4 Å². The van der Waals surface area contributed by atoms with Gasteiger partial charge in [-0.3, -0.25) is 14.5 Å². The summed E-state index contributed by atoms with van der Waals surface area (Å²) in [6.07, 6.45) is 2.83. The molecule has 1 aliphatic heterocycles. The quantitative estimate of drug-likeness (QED) is 0.158. The van der Waals surface area contributed by atoms with Gasteiger partial charge in [-0.2, -0.15) is 0 Å². The Kier molecular flexibility index (Phi) is 7.21. The molecule has 2 atom stereocenters. The molecule has 0 aliphatic carbocycles. The number of nitrogens with zero attached hydrogens (tertiary/aromatic N) is 3. The Bertz CT molecular complexity index is 1400. The van der Waals surface area contributed by atoms with Crippen molar-refractivity contribution in [2.24, 2.45) is 5.92 Å². The summed E-state index contributed by atoms with van der Waals surface area (Å²) in [4.78, 5) is 33.9. The Balaban J connectivity index is 1.66. The fourth-order valence-electron chi connectivity index (χ4n) is 4.97. The lowest BCUT2D eigenvalue weighted by atomic mass is 9.89. The second-order valence-electron chi connectivity index (χ2n) is 9.13. The van der Waals surface area contributed by atoms with Gasteiger partial charge in [0.25, 0.3) is 0 Å². The van der Waals surface area contributed by atoms with Gasteiger partial charge in [-0.1, -0.05) is 62.2 Å². The summed E-state index contributed by atoms with van der Waals surface area (Å²) < 4.78 is 13.6. The van der Waals surface area contributed by atoms with Crippen LogP contribution in [0, 0.1) is 5.92 Å². The minimum atomic E-state index is -1.04. The summed E-state index contributed by atoms with van der Waals surface area (Å²) in [7, 11) is 0. The average molecular weight is 498 g/mol. The molecule has 0 N–H and O–H groups in total. The van der Waals surface area contributed by atoms with Gasteiger partial charge in [0.15, 0.2) is 5.92 Å². The van der Waals surface area contributed by atoms with E-state index in [2.05, 4.69) is 6.92 Å². The molecule has 7 nitrogen and oxygen atoms in total. The molecule has 1 aliphatic rings. The molecule has 37 heavy (non-hydrogen) atoms. The van der Waals surface area contributed by atoms with Crippen LogP contribution in [0.3, 0.4) is 0 Å². The monoisotopic (exact) mass is 497 g/mol. The first-order valence-corrected chi connectivity index (χ1v) is 12.9. The lowest BCUT2D eigenvalue weighted by Gasteiger charge is -2.38. The number of benzene rings is 3. The van der Waals surface area contributed by atoms with Crippen molar-refractivity contribution >= 4 is 28.9 Å². The van der Waals surface area contributed by atoms with Crippen molar-refractivity contribution in [3.05, 3.63) is 84.4 Å². The Morgan fingerprint density at radius 1 is 0.919 bits per heavy atom. The number of carbonyl (C=O) groups is 2. The largest absolute Gasteiger partial charge is 0.465 e. The average Bonchev–Trinajstić information content (AvgIpc) is 3.29. The van der Waals surface area contributed by atoms with Crippen LogP contribution in [-0.4, -0.2) is 34.6 Å². The van der Waals surface area contributed by atoms with Crippen LogP contribution in [-0.2, 0) is 14.3 Å². The van der Waals surface area contributed by atoms with Gasteiger partial charge in [0.1, 0.15) is 11.5 Å². The maximum atomic E-state index is 14.0. The van der Waals surface area contributed by atoms with E-state index in [-0.39, 0.29) is 12.5 Å². The Morgan fingerprint density at radius 2 is 1.68 bits per heavy atom. The van der Waals surface area contributed by atoms with E-state index in [1.165, 1.54) is 0 Å². The normalized spacial score (nSPS) is 17.0. The summed E-state index contributed by atoms with van der Waals surface area (Å²) in [6, 6.07) is 24.2. The Hall–Kier alpha value is -4.13. The SMILES string of the molecule is CCCCCN1C(=O)[C@@H](C(=O)OCC)[C@H](c2cccc(Oc3ccccc3)c2)n2c1nc1ccccc12. The van der Waals surface area contributed by atoms with Gasteiger partial charge in [-0.25, -0.2) is 4.98 Å². The fourth-order valence-corrected chi connectivity index (χ4v) is 4.97. The fraction of sp³-hybridized carbons (Fsp3) is 0.300. The number of ether oxygens (including phenoxy) is 2. The van der Waals surface area contributed by atoms with Crippen LogP contribution in [0.4, 0.5) is 5.95 Å². The van der Waals surface area contributed by atoms with Gasteiger partial charge < -0.3 is 14.0 Å². The number of amides is 1. The number of unbranched alkanes of at least 4 members (excludes halogenated alkanes) is 2. The molecular weight excluding hydrogens is 466 g/mol. The van der Waals surface area contributed by atoms with Crippen LogP contribution in [0.15, 0.2) is 78.9 Å². The van der Waals surface area contributed by atoms with Crippen LogP contribution < -0.4 is 9.64 Å². The van der Waals surface area contributed by atoms with Crippen molar-refractivity contribution < 1.29 is 19.1 Å². The van der Waals surface area contributed by atoms with Crippen molar-refractivity contribution in [3.8, 4) is 11.5 Å². The topological polar surface area (TPSA) is 73.7 Å². The maximum Gasteiger partial charge on any atom is 0.321 e. The molecule has 190 valence electrons. The second-order valence-corrected chi connectivity index (χ2v) is 9.13. The van der Waals surface area contributed by atoms with E-state index >= 15 is 0 Å². The number of esters is 1. The summed E-state index contributed by atoms with van der Waals surface area (Å²) in [6.45, 7) is 4.57. The van der Waals surface area contributed by atoms with Gasteiger partial charge in [0.05, 0.1) is 23.7 Å². The third-order valence-electron chi connectivity index (χ3n) is 6.65. The zero-order valence-electron chi connectivity index (χ0n) is 21.2. The highest BCUT2D eigenvalue weighted by molar-refractivity contribution is 6.08. The van der Waals surface area contributed by atoms with E-state index in [4.69, 9.17) is 14.5 Å². The van der Waals surface area contributed by atoms with E-state index < -0.39 is 17.9 Å².